The van der Waals surface area contributed by atoms with Gasteiger partial charge in [0.05, 0.1) is 11.3 Å². The second kappa shape index (κ2) is 6.37. The van der Waals surface area contributed by atoms with Crippen molar-refractivity contribution >= 4 is 23.3 Å². The lowest BCUT2D eigenvalue weighted by atomic mass is 9.38. The van der Waals surface area contributed by atoms with Crippen LogP contribution in [0.15, 0.2) is 34.9 Å². The summed E-state index contributed by atoms with van der Waals surface area (Å²) in [5, 5.41) is 2.99. The van der Waals surface area contributed by atoms with E-state index in [1.807, 2.05) is 6.92 Å². The highest BCUT2D eigenvalue weighted by molar-refractivity contribution is 6.30. The summed E-state index contributed by atoms with van der Waals surface area (Å²) in [4.78, 5) is 24.5. The lowest BCUT2D eigenvalue weighted by molar-refractivity contribution is -0.164. The Morgan fingerprint density at radius 2 is 2.04 bits per heavy atom. The molecule has 2 bridgehead atoms. The Kier molecular flexibility index (Phi) is 4.26. The van der Waals surface area contributed by atoms with Crippen LogP contribution in [0.1, 0.15) is 41.8 Å². The fourth-order valence-corrected chi connectivity index (χ4v) is 4.56. The van der Waals surface area contributed by atoms with Gasteiger partial charge in [-0.25, -0.2) is 4.39 Å². The zero-order valence-corrected chi connectivity index (χ0v) is 15.6. The molecule has 2 aromatic rings. The first-order valence-corrected chi connectivity index (χ1v) is 9.14. The molecule has 1 N–H and O–H groups in total. The first-order valence-electron chi connectivity index (χ1n) is 8.76. The summed E-state index contributed by atoms with van der Waals surface area (Å²) in [5.74, 6) is -0.147. The maximum absolute atomic E-state index is 13.4. The molecule has 5 nitrogen and oxygen atoms in total. The van der Waals surface area contributed by atoms with E-state index in [9.17, 15) is 14.0 Å². The molecule has 27 heavy (non-hydrogen) atoms. The van der Waals surface area contributed by atoms with Crippen molar-refractivity contribution in [3.63, 3.8) is 0 Å². The Bertz CT molecular complexity index is 903. The van der Waals surface area contributed by atoms with Crippen molar-refractivity contribution in [3.8, 4) is 5.75 Å². The van der Waals surface area contributed by atoms with Crippen LogP contribution in [0.5, 0.6) is 5.75 Å². The summed E-state index contributed by atoms with van der Waals surface area (Å²) in [6.45, 7) is 1.66. The number of benzene rings is 1. The molecule has 1 heterocycles. The van der Waals surface area contributed by atoms with Crippen molar-refractivity contribution < 1.29 is 23.1 Å². The number of rotatable bonds is 7. The van der Waals surface area contributed by atoms with Gasteiger partial charge in [0.2, 0.25) is 0 Å². The summed E-state index contributed by atoms with van der Waals surface area (Å²) in [6.07, 6.45) is 4.32. The molecule has 7 heteroatoms. The number of carbonyl (C=O) groups is 2. The Morgan fingerprint density at radius 1 is 1.30 bits per heavy atom. The molecule has 5 rings (SSSR count). The predicted octanol–water partition coefficient (Wildman–Crippen LogP) is 4.07. The number of ether oxygens (including phenoxy) is 1. The van der Waals surface area contributed by atoms with Crippen LogP contribution in [-0.4, -0.2) is 23.8 Å². The molecule has 0 atom stereocenters. The number of hydrogen-bond donors (Lipinski definition) is 1. The van der Waals surface area contributed by atoms with Crippen molar-refractivity contribution in [2.75, 3.05) is 6.61 Å². The second-order valence-corrected chi connectivity index (χ2v) is 8.16. The number of halogens is 2. The van der Waals surface area contributed by atoms with Crippen LogP contribution in [0, 0.1) is 18.2 Å². The lowest BCUT2D eigenvalue weighted by Gasteiger charge is -2.70. The first-order chi connectivity index (χ1) is 12.8. The Morgan fingerprint density at radius 3 is 2.67 bits per heavy atom. The van der Waals surface area contributed by atoms with Crippen LogP contribution < -0.4 is 10.1 Å². The van der Waals surface area contributed by atoms with Crippen LogP contribution in [0.25, 0.3) is 0 Å². The average Bonchev–Trinajstić information content (AvgIpc) is 2.99. The van der Waals surface area contributed by atoms with Crippen LogP contribution >= 0.6 is 11.6 Å². The van der Waals surface area contributed by atoms with E-state index >= 15 is 0 Å². The van der Waals surface area contributed by atoms with Gasteiger partial charge in [0.15, 0.2) is 18.2 Å². The molecule has 1 aromatic heterocycles. The SMILES string of the molecule is Cc1ccoc1C(=O)CC12CC(NC(=O)COc3ccc(Cl)c(F)c3)(C1)C2. The number of furan rings is 1. The molecule has 3 aliphatic rings. The molecule has 0 saturated heterocycles. The van der Waals surface area contributed by atoms with E-state index < -0.39 is 5.82 Å². The van der Waals surface area contributed by atoms with Gasteiger partial charge < -0.3 is 14.5 Å². The van der Waals surface area contributed by atoms with Gasteiger partial charge in [0.1, 0.15) is 11.6 Å². The zero-order valence-electron chi connectivity index (χ0n) is 14.8. The van der Waals surface area contributed by atoms with Crippen molar-refractivity contribution in [3.05, 3.63) is 52.7 Å². The summed E-state index contributed by atoms with van der Waals surface area (Å²) < 4.78 is 23.9. The molecule has 3 saturated carbocycles. The van der Waals surface area contributed by atoms with Gasteiger partial charge in [-0.3, -0.25) is 9.59 Å². The van der Waals surface area contributed by atoms with Gasteiger partial charge in [0.25, 0.3) is 5.91 Å². The Balaban J connectivity index is 1.24. The molecule has 0 radical (unpaired) electrons. The number of carbonyl (C=O) groups excluding carboxylic acids is 2. The van der Waals surface area contributed by atoms with Crippen LogP contribution in [0.4, 0.5) is 4.39 Å². The molecule has 3 aliphatic carbocycles. The maximum Gasteiger partial charge on any atom is 0.258 e. The molecule has 1 amide bonds. The number of ketones is 1. The quantitative estimate of drug-likeness (QED) is 0.722. The van der Waals surface area contributed by atoms with E-state index in [-0.39, 0.29) is 40.0 Å². The van der Waals surface area contributed by atoms with Crippen molar-refractivity contribution in [1.29, 1.82) is 0 Å². The summed E-state index contributed by atoms with van der Waals surface area (Å²) in [5.41, 5.74) is 0.596. The average molecular weight is 392 g/mol. The van der Waals surface area contributed by atoms with Crippen molar-refractivity contribution in [2.45, 2.75) is 38.1 Å². The second-order valence-electron chi connectivity index (χ2n) is 7.76. The van der Waals surface area contributed by atoms with E-state index in [2.05, 4.69) is 5.32 Å². The molecule has 0 spiro atoms. The molecule has 0 aliphatic heterocycles. The highest BCUT2D eigenvalue weighted by Gasteiger charge is 2.68. The highest BCUT2D eigenvalue weighted by Crippen LogP contribution is 2.69. The summed E-state index contributed by atoms with van der Waals surface area (Å²) in [7, 11) is 0. The third-order valence-corrected chi connectivity index (χ3v) is 5.76. The molecular weight excluding hydrogens is 373 g/mol. The van der Waals surface area contributed by atoms with Gasteiger partial charge in [-0.15, -0.1) is 0 Å². The largest absolute Gasteiger partial charge is 0.484 e. The first kappa shape index (κ1) is 18.0. The third-order valence-electron chi connectivity index (χ3n) is 5.46. The molecule has 1 aromatic carbocycles. The van der Waals surface area contributed by atoms with Gasteiger partial charge in [-0.1, -0.05) is 11.6 Å². The van der Waals surface area contributed by atoms with Crippen molar-refractivity contribution in [2.24, 2.45) is 5.41 Å². The molecule has 0 unspecified atom stereocenters. The van der Waals surface area contributed by atoms with E-state index in [0.717, 1.165) is 30.9 Å². The van der Waals surface area contributed by atoms with Gasteiger partial charge in [-0.2, -0.15) is 0 Å². The Labute approximate surface area is 160 Å². The number of Topliss-reactive ketones (excluding diaryl/α,β-unsaturated/α-hetero) is 1. The number of aryl methyl sites for hydroxylation is 1. The van der Waals surface area contributed by atoms with Crippen LogP contribution in [0.3, 0.4) is 0 Å². The van der Waals surface area contributed by atoms with Gasteiger partial charge >= 0.3 is 0 Å². The van der Waals surface area contributed by atoms with E-state index in [1.54, 1.807) is 6.07 Å². The number of hydrogen-bond acceptors (Lipinski definition) is 4. The fourth-order valence-electron chi connectivity index (χ4n) is 4.44. The van der Waals surface area contributed by atoms with Crippen LogP contribution in [0.2, 0.25) is 5.02 Å². The smallest absolute Gasteiger partial charge is 0.258 e. The van der Waals surface area contributed by atoms with Crippen LogP contribution in [-0.2, 0) is 4.79 Å². The van der Waals surface area contributed by atoms with Gasteiger partial charge in [0, 0.05) is 18.0 Å². The molecular formula is C20H19ClFNO4. The van der Waals surface area contributed by atoms with Gasteiger partial charge in [-0.05, 0) is 55.4 Å². The minimum Gasteiger partial charge on any atom is -0.484 e. The standard InChI is InChI=1S/C20H19ClFNO4/c1-12-4-5-26-18(12)16(24)7-19-9-20(10-19,11-19)23-17(25)8-27-13-2-3-14(21)15(22)6-13/h2-6H,7-11H2,1H3,(H,23,25). The number of amides is 1. The summed E-state index contributed by atoms with van der Waals surface area (Å²) >= 11 is 5.61. The van der Waals surface area contributed by atoms with E-state index in [1.165, 1.54) is 18.4 Å². The third kappa shape index (κ3) is 3.34. The lowest BCUT2D eigenvalue weighted by Crippen LogP contribution is -2.75. The predicted molar refractivity (Wildman–Crippen MR) is 96.5 cm³/mol. The fraction of sp³-hybridized carbons (Fsp3) is 0.400. The maximum atomic E-state index is 13.4. The topological polar surface area (TPSA) is 68.5 Å². The minimum absolute atomic E-state index is 0.00487. The monoisotopic (exact) mass is 391 g/mol. The molecule has 142 valence electrons. The number of nitrogens with one attached hydrogen (secondary N) is 1. The highest BCUT2D eigenvalue weighted by atomic mass is 35.5. The normalized spacial score (nSPS) is 25.3. The minimum atomic E-state index is -0.590. The van der Waals surface area contributed by atoms with Crippen molar-refractivity contribution in [1.82, 2.24) is 5.32 Å². The summed E-state index contributed by atoms with van der Waals surface area (Å²) in [6, 6.07) is 5.82. The molecule has 3 fully saturated rings. The Hall–Kier alpha value is -2.34. The van der Waals surface area contributed by atoms with E-state index in [4.69, 9.17) is 20.8 Å². The zero-order chi connectivity index (χ0) is 19.2. The van der Waals surface area contributed by atoms with E-state index in [0.29, 0.717) is 12.2 Å².